The predicted molar refractivity (Wildman–Crippen MR) is 77.0 cm³/mol. The summed E-state index contributed by atoms with van der Waals surface area (Å²) in [7, 11) is -4.08. The zero-order valence-electron chi connectivity index (χ0n) is 12.1. The van der Waals surface area contributed by atoms with E-state index in [0.717, 1.165) is 12.1 Å². The molecule has 2 rings (SSSR count). The van der Waals surface area contributed by atoms with Crippen LogP contribution in [0.5, 0.6) is 5.75 Å². The summed E-state index contributed by atoms with van der Waals surface area (Å²) in [5.74, 6) is -2.64. The van der Waals surface area contributed by atoms with Crippen LogP contribution in [0.4, 0.5) is 13.2 Å². The molecule has 1 aromatic rings. The summed E-state index contributed by atoms with van der Waals surface area (Å²) in [6.45, 7) is -0.0233. The second kappa shape index (κ2) is 6.21. The smallest absolute Gasteiger partial charge is 0.387 e. The molecule has 0 spiro atoms. The second-order valence-corrected chi connectivity index (χ2v) is 7.66. The topological polar surface area (TPSA) is 64.6 Å². The summed E-state index contributed by atoms with van der Waals surface area (Å²) in [6, 6.07) is 1.99. The molecule has 10 heteroatoms. The average molecular weight is 372 g/mol. The number of hydrogen-bond donors (Lipinski definition) is 1. The van der Waals surface area contributed by atoms with Gasteiger partial charge in [-0.2, -0.15) is 8.78 Å². The minimum Gasteiger partial charge on any atom is -0.434 e. The van der Waals surface area contributed by atoms with Gasteiger partial charge >= 0.3 is 6.61 Å². The minimum absolute atomic E-state index is 0.287. The van der Waals surface area contributed by atoms with Crippen LogP contribution in [0.15, 0.2) is 23.2 Å². The number of nitrogens with one attached hydrogen (secondary N) is 1. The number of halogens is 4. The highest BCUT2D eigenvalue weighted by Gasteiger charge is 2.33. The van der Waals surface area contributed by atoms with Gasteiger partial charge in [-0.1, -0.05) is 11.6 Å². The Morgan fingerprint density at radius 3 is 2.57 bits per heavy atom. The molecule has 0 unspecified atom stereocenters. The van der Waals surface area contributed by atoms with Gasteiger partial charge in [0.2, 0.25) is 0 Å². The van der Waals surface area contributed by atoms with Gasteiger partial charge in [-0.25, -0.2) is 12.8 Å². The summed E-state index contributed by atoms with van der Waals surface area (Å²) in [4.78, 5) is 5.03. The fourth-order valence-corrected chi connectivity index (χ4v) is 3.51. The van der Waals surface area contributed by atoms with Gasteiger partial charge in [-0.15, -0.1) is 0 Å². The van der Waals surface area contributed by atoms with Crippen molar-refractivity contribution in [2.75, 3.05) is 0 Å². The summed E-state index contributed by atoms with van der Waals surface area (Å²) < 4.78 is 67.7. The fraction of sp³-hybridized carbons (Fsp3) is 0.385. The first-order valence-electron chi connectivity index (χ1n) is 6.33. The molecule has 1 aliphatic rings. The fourth-order valence-electron chi connectivity index (χ4n) is 1.89. The lowest BCUT2D eigenvalue weighted by Gasteiger charge is -2.13. The van der Waals surface area contributed by atoms with E-state index in [2.05, 4.69) is 10.2 Å². The number of hydroxylamine groups is 1. The number of benzene rings is 1. The summed E-state index contributed by atoms with van der Waals surface area (Å²) in [5.41, 5.74) is 0.775. The lowest BCUT2D eigenvalue weighted by atomic mass is 10.1. The third-order valence-electron chi connectivity index (χ3n) is 2.93. The highest BCUT2D eigenvalue weighted by atomic mass is 35.5. The number of rotatable bonds is 5. The zero-order valence-corrected chi connectivity index (χ0v) is 13.6. The number of alkyl halides is 2. The van der Waals surface area contributed by atoms with Gasteiger partial charge in [0.25, 0.3) is 0 Å². The summed E-state index contributed by atoms with van der Waals surface area (Å²) in [6.07, 6.45) is 1.29. The van der Waals surface area contributed by atoms with Crippen LogP contribution in [0.25, 0.3) is 0 Å². The molecule has 1 aromatic carbocycles. The SMILES string of the molecule is CC1(C)C=C(S(=O)(=O)Cc2c(OC(F)F)ccc(Cl)c2F)NO1. The standard InChI is InChI=1S/C13H13ClF3NO4S/c1-13(2)5-10(18-22-13)23(19,20)6-7-9(21-12(16)17)4-3-8(14)11(7)15/h3-5,12,18H,6H2,1-2H3. The normalized spacial score (nSPS) is 17.1. The number of sulfone groups is 1. The molecule has 0 saturated carbocycles. The van der Waals surface area contributed by atoms with Gasteiger partial charge in [0, 0.05) is 5.56 Å². The predicted octanol–water partition coefficient (Wildman–Crippen LogP) is 3.15. The third kappa shape index (κ3) is 4.10. The maximum absolute atomic E-state index is 14.1. The lowest BCUT2D eigenvalue weighted by Crippen LogP contribution is -2.22. The Morgan fingerprint density at radius 1 is 1.39 bits per heavy atom. The number of hydrogen-bond acceptors (Lipinski definition) is 5. The van der Waals surface area contributed by atoms with Crippen molar-refractivity contribution in [3.8, 4) is 5.75 Å². The van der Waals surface area contributed by atoms with E-state index in [1.54, 1.807) is 13.8 Å². The Bertz CT molecular complexity index is 750. The van der Waals surface area contributed by atoms with E-state index in [1.165, 1.54) is 6.08 Å². The maximum Gasteiger partial charge on any atom is 0.387 e. The van der Waals surface area contributed by atoms with Crippen LogP contribution < -0.4 is 10.2 Å². The van der Waals surface area contributed by atoms with Crippen molar-refractivity contribution >= 4 is 21.4 Å². The van der Waals surface area contributed by atoms with Gasteiger partial charge in [0.05, 0.1) is 10.8 Å². The molecular formula is C13H13ClF3NO4S. The molecule has 0 saturated heterocycles. The van der Waals surface area contributed by atoms with E-state index in [4.69, 9.17) is 16.4 Å². The van der Waals surface area contributed by atoms with Crippen molar-refractivity contribution in [3.63, 3.8) is 0 Å². The molecule has 23 heavy (non-hydrogen) atoms. The van der Waals surface area contributed by atoms with Crippen molar-refractivity contribution in [1.29, 1.82) is 0 Å². The van der Waals surface area contributed by atoms with Gasteiger partial charge < -0.3 is 4.74 Å². The highest BCUT2D eigenvalue weighted by Crippen LogP contribution is 2.32. The highest BCUT2D eigenvalue weighted by molar-refractivity contribution is 7.94. The third-order valence-corrected chi connectivity index (χ3v) is 4.76. The van der Waals surface area contributed by atoms with Crippen molar-refractivity contribution in [2.45, 2.75) is 31.8 Å². The molecule has 1 N–H and O–H groups in total. The molecule has 128 valence electrons. The Kier molecular flexibility index (Phi) is 4.84. The van der Waals surface area contributed by atoms with Crippen LogP contribution in [0.1, 0.15) is 19.4 Å². The van der Waals surface area contributed by atoms with Crippen molar-refractivity contribution in [1.82, 2.24) is 5.48 Å². The van der Waals surface area contributed by atoms with Gasteiger partial charge in [-0.3, -0.25) is 10.3 Å². The minimum atomic E-state index is -4.08. The van der Waals surface area contributed by atoms with E-state index in [0.29, 0.717) is 0 Å². The van der Waals surface area contributed by atoms with Crippen LogP contribution in [0, 0.1) is 5.82 Å². The maximum atomic E-state index is 14.1. The molecule has 0 bridgehead atoms. The molecule has 1 aliphatic heterocycles. The lowest BCUT2D eigenvalue weighted by molar-refractivity contribution is -0.0505. The monoisotopic (exact) mass is 371 g/mol. The van der Waals surface area contributed by atoms with Crippen molar-refractivity contribution < 1.29 is 31.2 Å². The van der Waals surface area contributed by atoms with Crippen LogP contribution in [0.2, 0.25) is 5.02 Å². The van der Waals surface area contributed by atoms with E-state index in [9.17, 15) is 21.6 Å². The Morgan fingerprint density at radius 2 is 2.04 bits per heavy atom. The van der Waals surface area contributed by atoms with E-state index < -0.39 is 50.0 Å². The average Bonchev–Trinajstić information content (AvgIpc) is 2.79. The quantitative estimate of drug-likeness (QED) is 0.861. The Hall–Kier alpha value is -1.45. The molecule has 0 aromatic heterocycles. The van der Waals surface area contributed by atoms with Gasteiger partial charge in [0.1, 0.15) is 17.2 Å². The summed E-state index contributed by atoms with van der Waals surface area (Å²) >= 11 is 5.59. The summed E-state index contributed by atoms with van der Waals surface area (Å²) in [5, 5.41) is -0.688. The van der Waals surface area contributed by atoms with Crippen molar-refractivity contribution in [2.24, 2.45) is 0 Å². The zero-order chi connectivity index (χ0) is 17.4. The molecular weight excluding hydrogens is 359 g/mol. The van der Waals surface area contributed by atoms with E-state index >= 15 is 0 Å². The first-order chi connectivity index (χ1) is 10.5. The molecule has 0 fully saturated rings. The molecule has 0 radical (unpaired) electrons. The van der Waals surface area contributed by atoms with Crippen LogP contribution in [-0.2, 0) is 20.4 Å². The molecule has 0 atom stereocenters. The van der Waals surface area contributed by atoms with Gasteiger partial charge in [0.15, 0.2) is 14.9 Å². The molecule has 5 nitrogen and oxygen atoms in total. The Balaban J connectivity index is 2.41. The molecule has 0 amide bonds. The Labute approximate surface area is 135 Å². The number of ether oxygens (including phenoxy) is 1. The van der Waals surface area contributed by atoms with Crippen LogP contribution >= 0.6 is 11.6 Å². The largest absolute Gasteiger partial charge is 0.434 e. The van der Waals surface area contributed by atoms with Gasteiger partial charge in [-0.05, 0) is 32.1 Å². The first-order valence-corrected chi connectivity index (χ1v) is 8.36. The van der Waals surface area contributed by atoms with Crippen LogP contribution in [0.3, 0.4) is 0 Å². The van der Waals surface area contributed by atoms with Crippen molar-refractivity contribution in [3.05, 3.63) is 39.6 Å². The second-order valence-electron chi connectivity index (χ2n) is 5.29. The van der Waals surface area contributed by atoms with E-state index in [-0.39, 0.29) is 5.03 Å². The molecule has 0 aliphatic carbocycles. The molecule has 1 heterocycles. The van der Waals surface area contributed by atoms with Crippen LogP contribution in [-0.4, -0.2) is 20.6 Å². The first kappa shape index (κ1) is 17.9. The van der Waals surface area contributed by atoms with E-state index in [1.807, 2.05) is 0 Å².